The number of fused-ring (bicyclic) bond motifs is 4. The minimum atomic E-state index is -1.67. The molecule has 0 aliphatic carbocycles. The van der Waals surface area contributed by atoms with Gasteiger partial charge >= 0.3 is 11.7 Å². The summed E-state index contributed by atoms with van der Waals surface area (Å²) < 4.78 is 2.05. The fourth-order valence-corrected chi connectivity index (χ4v) is 3.33. The van der Waals surface area contributed by atoms with E-state index in [4.69, 9.17) is 0 Å². The first-order valence-corrected chi connectivity index (χ1v) is 7.18. The molecule has 0 saturated heterocycles. The average molecular weight is 327 g/mol. The minimum Gasteiger partial charge on any atom is -0.323 e. The molecule has 24 heavy (non-hydrogen) atoms. The smallest absolute Gasteiger partial charge is 0.323 e. The average Bonchev–Trinajstić information content (AvgIpc) is 2.83. The number of amides is 3. The van der Waals surface area contributed by atoms with Crippen LogP contribution in [0, 0.1) is 0 Å². The number of para-hydroxylation sites is 1. The maximum absolute atomic E-state index is 12.8. The van der Waals surface area contributed by atoms with E-state index in [2.05, 4.69) is 16.0 Å². The molecular weight excluding hydrogens is 314 g/mol. The molecule has 3 N–H and O–H groups in total. The van der Waals surface area contributed by atoms with Gasteiger partial charge in [0.2, 0.25) is 0 Å². The second-order valence-corrected chi connectivity index (χ2v) is 5.76. The minimum absolute atomic E-state index is 0.00847. The molecule has 9 nitrogen and oxygen atoms in total. The van der Waals surface area contributed by atoms with Gasteiger partial charge in [-0.15, -0.1) is 0 Å². The van der Waals surface area contributed by atoms with Gasteiger partial charge in [0.25, 0.3) is 11.5 Å². The fourth-order valence-electron chi connectivity index (χ4n) is 3.33. The molecule has 0 radical (unpaired) electrons. The van der Waals surface area contributed by atoms with Gasteiger partial charge in [-0.2, -0.15) is 0 Å². The quantitative estimate of drug-likeness (QED) is 0.600. The lowest BCUT2D eigenvalue weighted by Crippen LogP contribution is -2.61. The van der Waals surface area contributed by atoms with E-state index in [-0.39, 0.29) is 11.4 Å². The maximum atomic E-state index is 12.8. The first-order valence-electron chi connectivity index (χ1n) is 7.18. The molecular formula is C15H13N5O4. The largest absolute Gasteiger partial charge is 0.332 e. The summed E-state index contributed by atoms with van der Waals surface area (Å²) in [5.41, 5.74) is -1.94. The number of carbonyl (C=O) groups is 2. The Hall–Kier alpha value is -3.36. The Kier molecular flexibility index (Phi) is 2.58. The van der Waals surface area contributed by atoms with Crippen molar-refractivity contribution in [2.45, 2.75) is 5.54 Å². The van der Waals surface area contributed by atoms with Crippen LogP contribution < -0.4 is 27.2 Å². The number of benzene rings is 1. The molecule has 1 atom stereocenters. The molecule has 2 aromatic rings. The summed E-state index contributed by atoms with van der Waals surface area (Å²) in [6.45, 7) is 0. The summed E-state index contributed by atoms with van der Waals surface area (Å²) in [7, 11) is 2.76. The highest BCUT2D eigenvalue weighted by molar-refractivity contribution is 6.13. The van der Waals surface area contributed by atoms with Crippen molar-refractivity contribution in [2.24, 2.45) is 14.1 Å². The topological polar surface area (TPSA) is 114 Å². The molecule has 4 rings (SSSR count). The normalized spacial score (nSPS) is 20.9. The zero-order chi connectivity index (χ0) is 17.2. The van der Waals surface area contributed by atoms with Crippen molar-refractivity contribution in [1.82, 2.24) is 14.5 Å². The summed E-state index contributed by atoms with van der Waals surface area (Å²) in [5, 5.41) is 7.72. The molecule has 3 heterocycles. The first-order chi connectivity index (χ1) is 11.4. The van der Waals surface area contributed by atoms with Gasteiger partial charge in [0.1, 0.15) is 5.82 Å². The van der Waals surface area contributed by atoms with Crippen molar-refractivity contribution in [3.63, 3.8) is 0 Å². The Morgan fingerprint density at radius 2 is 1.67 bits per heavy atom. The highest BCUT2D eigenvalue weighted by Crippen LogP contribution is 2.43. The SMILES string of the molecule is Cn1c2c(c(=O)n(C)c1=O)C1(NC(=O)N2)C(=O)Nc2ccccc21. The van der Waals surface area contributed by atoms with E-state index in [1.165, 1.54) is 14.1 Å². The molecule has 9 heteroatoms. The van der Waals surface area contributed by atoms with E-state index in [0.717, 1.165) is 9.13 Å². The van der Waals surface area contributed by atoms with Crippen LogP contribution in [0.3, 0.4) is 0 Å². The van der Waals surface area contributed by atoms with Crippen molar-refractivity contribution in [1.29, 1.82) is 0 Å². The predicted octanol–water partition coefficient (Wildman–Crippen LogP) is -0.585. The second-order valence-electron chi connectivity index (χ2n) is 5.76. The summed E-state index contributed by atoms with van der Waals surface area (Å²) in [6, 6.07) is 6.12. The summed E-state index contributed by atoms with van der Waals surface area (Å²) in [6.07, 6.45) is 0. The van der Waals surface area contributed by atoms with E-state index < -0.39 is 28.7 Å². The van der Waals surface area contributed by atoms with Crippen LogP contribution in [0.2, 0.25) is 0 Å². The van der Waals surface area contributed by atoms with Crippen LogP contribution in [-0.2, 0) is 24.4 Å². The van der Waals surface area contributed by atoms with Gasteiger partial charge in [-0.1, -0.05) is 18.2 Å². The van der Waals surface area contributed by atoms with Gasteiger partial charge in [-0.3, -0.25) is 24.0 Å². The number of rotatable bonds is 0. The summed E-state index contributed by atoms with van der Waals surface area (Å²) in [5.74, 6) is -0.533. The Bertz CT molecular complexity index is 1050. The number of nitrogens with zero attached hydrogens (tertiary/aromatic N) is 2. The van der Waals surface area contributed by atoms with Crippen LogP contribution in [0.5, 0.6) is 0 Å². The molecule has 0 saturated carbocycles. The Labute approximate surface area is 134 Å². The molecule has 0 fully saturated rings. The lowest BCUT2D eigenvalue weighted by atomic mass is 9.83. The number of urea groups is 1. The molecule has 3 amide bonds. The van der Waals surface area contributed by atoms with Gasteiger partial charge in [0.05, 0.1) is 5.56 Å². The van der Waals surface area contributed by atoms with Crippen molar-refractivity contribution in [2.75, 3.05) is 10.6 Å². The number of hydrogen-bond acceptors (Lipinski definition) is 4. The van der Waals surface area contributed by atoms with Crippen LogP contribution in [-0.4, -0.2) is 21.1 Å². The number of carbonyl (C=O) groups excluding carboxylic acids is 2. The van der Waals surface area contributed by atoms with Crippen LogP contribution in [0.25, 0.3) is 0 Å². The van der Waals surface area contributed by atoms with Gasteiger partial charge in [-0.25, -0.2) is 9.59 Å². The third-order valence-corrected chi connectivity index (χ3v) is 4.49. The number of hydrogen-bond donors (Lipinski definition) is 3. The van der Waals surface area contributed by atoms with Crippen LogP contribution in [0.4, 0.5) is 16.3 Å². The van der Waals surface area contributed by atoms with E-state index in [9.17, 15) is 19.2 Å². The Morgan fingerprint density at radius 1 is 0.958 bits per heavy atom. The highest BCUT2D eigenvalue weighted by atomic mass is 16.2. The molecule has 1 unspecified atom stereocenters. The third kappa shape index (κ3) is 1.48. The van der Waals surface area contributed by atoms with Crippen molar-refractivity contribution in [3.05, 3.63) is 56.2 Å². The van der Waals surface area contributed by atoms with E-state index in [1.54, 1.807) is 24.3 Å². The zero-order valence-corrected chi connectivity index (χ0v) is 12.8. The van der Waals surface area contributed by atoms with Gasteiger partial charge in [0, 0.05) is 25.3 Å². The van der Waals surface area contributed by atoms with E-state index in [0.29, 0.717) is 11.3 Å². The lowest BCUT2D eigenvalue weighted by molar-refractivity contribution is -0.120. The Balaban J connectivity index is 2.20. The van der Waals surface area contributed by atoms with Gasteiger partial charge < -0.3 is 10.6 Å². The van der Waals surface area contributed by atoms with Crippen molar-refractivity contribution in [3.8, 4) is 0 Å². The molecule has 1 spiro atoms. The summed E-state index contributed by atoms with van der Waals surface area (Å²) in [4.78, 5) is 49.9. The van der Waals surface area contributed by atoms with Crippen LogP contribution in [0.1, 0.15) is 11.1 Å². The molecule has 122 valence electrons. The second kappa shape index (κ2) is 4.34. The molecule has 2 aliphatic rings. The predicted molar refractivity (Wildman–Crippen MR) is 84.9 cm³/mol. The van der Waals surface area contributed by atoms with Crippen molar-refractivity contribution >= 4 is 23.4 Å². The molecule has 1 aromatic carbocycles. The highest BCUT2D eigenvalue weighted by Gasteiger charge is 2.55. The molecule has 1 aromatic heterocycles. The van der Waals surface area contributed by atoms with Crippen LogP contribution in [0.15, 0.2) is 33.9 Å². The number of nitrogens with one attached hydrogen (secondary N) is 3. The van der Waals surface area contributed by atoms with Gasteiger partial charge in [0.15, 0.2) is 5.54 Å². The lowest BCUT2D eigenvalue weighted by Gasteiger charge is -2.35. The monoisotopic (exact) mass is 327 g/mol. The van der Waals surface area contributed by atoms with Gasteiger partial charge in [-0.05, 0) is 6.07 Å². The standard InChI is InChI=1S/C15H13N5O4/c1-19-10-9(11(21)20(2)14(19)24)15(18-13(23)17-10)7-5-3-4-6-8(7)16-12(15)22/h3-6H,1-2H3,(H,16,22)(H2,17,18,23). The van der Waals surface area contributed by atoms with E-state index in [1.807, 2.05) is 0 Å². The fraction of sp³-hybridized carbons (Fsp3) is 0.200. The first kappa shape index (κ1) is 14.2. The zero-order valence-electron chi connectivity index (χ0n) is 12.8. The third-order valence-electron chi connectivity index (χ3n) is 4.49. The van der Waals surface area contributed by atoms with E-state index >= 15 is 0 Å². The molecule has 0 bridgehead atoms. The van der Waals surface area contributed by atoms with Crippen LogP contribution >= 0.6 is 0 Å². The molecule has 2 aliphatic heterocycles. The number of aromatic nitrogens is 2. The maximum Gasteiger partial charge on any atom is 0.332 e. The number of anilines is 2. The summed E-state index contributed by atoms with van der Waals surface area (Å²) >= 11 is 0. The Morgan fingerprint density at radius 3 is 2.42 bits per heavy atom. The van der Waals surface area contributed by atoms with Crippen molar-refractivity contribution < 1.29 is 9.59 Å².